The summed E-state index contributed by atoms with van der Waals surface area (Å²) < 4.78 is 0. The number of rotatable bonds is 3. The SMILES string of the molecule is O=[N+]([O-])c1ccc(NC2CCc3cc(Cl)ccc32)c(Cl)c1. The van der Waals surface area contributed by atoms with E-state index in [1.54, 1.807) is 6.07 Å². The molecule has 0 amide bonds. The summed E-state index contributed by atoms with van der Waals surface area (Å²) >= 11 is 12.1. The molecule has 0 saturated heterocycles. The predicted molar refractivity (Wildman–Crippen MR) is 84.2 cm³/mol. The lowest BCUT2D eigenvalue weighted by molar-refractivity contribution is -0.384. The van der Waals surface area contributed by atoms with Crippen LogP contribution in [0.25, 0.3) is 0 Å². The van der Waals surface area contributed by atoms with Crippen molar-refractivity contribution in [2.24, 2.45) is 0 Å². The molecule has 1 atom stereocenters. The minimum Gasteiger partial charge on any atom is -0.377 e. The molecule has 0 radical (unpaired) electrons. The molecule has 2 aromatic rings. The summed E-state index contributed by atoms with van der Waals surface area (Å²) in [4.78, 5) is 10.3. The van der Waals surface area contributed by atoms with Crippen molar-refractivity contribution in [2.45, 2.75) is 18.9 Å². The van der Waals surface area contributed by atoms with E-state index in [1.165, 1.54) is 23.3 Å². The van der Waals surface area contributed by atoms with E-state index in [0.717, 1.165) is 17.9 Å². The zero-order chi connectivity index (χ0) is 15.0. The Labute approximate surface area is 131 Å². The van der Waals surface area contributed by atoms with Gasteiger partial charge in [-0.3, -0.25) is 10.1 Å². The van der Waals surface area contributed by atoms with Crippen LogP contribution in [0.5, 0.6) is 0 Å². The highest BCUT2D eigenvalue weighted by atomic mass is 35.5. The van der Waals surface area contributed by atoms with E-state index in [0.29, 0.717) is 10.7 Å². The van der Waals surface area contributed by atoms with Crippen LogP contribution in [0.15, 0.2) is 36.4 Å². The predicted octanol–water partition coefficient (Wildman–Crippen LogP) is 5.00. The van der Waals surface area contributed by atoms with Gasteiger partial charge in [-0.2, -0.15) is 0 Å². The molecule has 0 saturated carbocycles. The minimum absolute atomic E-state index is 0.0100. The van der Waals surface area contributed by atoms with Crippen LogP contribution < -0.4 is 5.32 Å². The maximum atomic E-state index is 10.7. The topological polar surface area (TPSA) is 55.2 Å². The second-order valence-electron chi connectivity index (χ2n) is 5.00. The largest absolute Gasteiger partial charge is 0.377 e. The maximum absolute atomic E-state index is 10.7. The number of nitro benzene ring substituents is 1. The Morgan fingerprint density at radius 2 is 2.00 bits per heavy atom. The van der Waals surface area contributed by atoms with Gasteiger partial charge in [0, 0.05) is 17.2 Å². The van der Waals surface area contributed by atoms with Crippen molar-refractivity contribution in [3.8, 4) is 0 Å². The Kier molecular flexibility index (Phi) is 3.74. The second-order valence-corrected chi connectivity index (χ2v) is 5.84. The fourth-order valence-electron chi connectivity index (χ4n) is 2.66. The van der Waals surface area contributed by atoms with Gasteiger partial charge in [-0.05, 0) is 42.2 Å². The van der Waals surface area contributed by atoms with Crippen molar-refractivity contribution in [1.29, 1.82) is 0 Å². The number of aryl methyl sites for hydroxylation is 1. The summed E-state index contributed by atoms with van der Waals surface area (Å²) in [6.07, 6.45) is 1.90. The number of hydrogen-bond acceptors (Lipinski definition) is 3. The van der Waals surface area contributed by atoms with Crippen LogP contribution >= 0.6 is 23.2 Å². The Bertz CT molecular complexity index is 719. The quantitative estimate of drug-likeness (QED) is 0.639. The lowest BCUT2D eigenvalue weighted by Gasteiger charge is -2.16. The van der Waals surface area contributed by atoms with Gasteiger partial charge >= 0.3 is 0 Å². The Morgan fingerprint density at radius 3 is 2.71 bits per heavy atom. The van der Waals surface area contributed by atoms with Crippen LogP contribution in [0.2, 0.25) is 10.0 Å². The number of anilines is 1. The molecule has 0 spiro atoms. The van der Waals surface area contributed by atoms with E-state index in [-0.39, 0.29) is 11.7 Å². The number of nitrogens with zero attached hydrogens (tertiary/aromatic N) is 1. The smallest absolute Gasteiger partial charge is 0.271 e. The molecule has 1 unspecified atom stereocenters. The average molecular weight is 323 g/mol. The number of fused-ring (bicyclic) bond motifs is 1. The molecule has 1 aliphatic carbocycles. The maximum Gasteiger partial charge on any atom is 0.271 e. The van der Waals surface area contributed by atoms with Crippen LogP contribution in [0.4, 0.5) is 11.4 Å². The normalized spacial score (nSPS) is 16.6. The Morgan fingerprint density at radius 1 is 1.19 bits per heavy atom. The van der Waals surface area contributed by atoms with E-state index >= 15 is 0 Å². The number of non-ortho nitro benzene ring substituents is 1. The molecule has 2 aromatic carbocycles. The molecule has 0 aliphatic heterocycles. The lowest BCUT2D eigenvalue weighted by atomic mass is 10.1. The van der Waals surface area contributed by atoms with Crippen LogP contribution in [0.1, 0.15) is 23.6 Å². The summed E-state index contributed by atoms with van der Waals surface area (Å²) in [5.74, 6) is 0. The number of nitro groups is 1. The van der Waals surface area contributed by atoms with Gasteiger partial charge in [0.2, 0.25) is 0 Å². The third-order valence-electron chi connectivity index (χ3n) is 3.68. The first-order valence-corrected chi connectivity index (χ1v) is 7.29. The molecule has 0 aromatic heterocycles. The minimum atomic E-state index is -0.456. The van der Waals surface area contributed by atoms with Crippen molar-refractivity contribution >= 4 is 34.6 Å². The van der Waals surface area contributed by atoms with Gasteiger partial charge in [0.1, 0.15) is 0 Å². The highest BCUT2D eigenvalue weighted by molar-refractivity contribution is 6.33. The second kappa shape index (κ2) is 5.54. The first kappa shape index (κ1) is 14.2. The highest BCUT2D eigenvalue weighted by Gasteiger charge is 2.23. The molecule has 21 heavy (non-hydrogen) atoms. The molecule has 0 bridgehead atoms. The van der Waals surface area contributed by atoms with E-state index in [1.807, 2.05) is 18.2 Å². The van der Waals surface area contributed by atoms with Gasteiger partial charge in [-0.25, -0.2) is 0 Å². The van der Waals surface area contributed by atoms with Crippen LogP contribution in [0, 0.1) is 10.1 Å². The molecular weight excluding hydrogens is 311 g/mol. The number of nitrogens with one attached hydrogen (secondary N) is 1. The fraction of sp³-hybridized carbons (Fsp3) is 0.200. The number of hydrogen-bond donors (Lipinski definition) is 1. The van der Waals surface area contributed by atoms with Gasteiger partial charge in [0.05, 0.1) is 21.7 Å². The summed E-state index contributed by atoms with van der Waals surface area (Å²) in [6, 6.07) is 10.5. The molecule has 6 heteroatoms. The van der Waals surface area contributed by atoms with Gasteiger partial charge in [-0.1, -0.05) is 29.3 Å². The molecule has 1 N–H and O–H groups in total. The Hall–Kier alpha value is -1.78. The molecule has 108 valence electrons. The number of halogens is 2. The summed E-state index contributed by atoms with van der Waals surface area (Å²) in [5.41, 5.74) is 3.13. The van der Waals surface area contributed by atoms with E-state index in [4.69, 9.17) is 23.2 Å². The molecule has 3 rings (SSSR count). The fourth-order valence-corrected chi connectivity index (χ4v) is 3.08. The van der Waals surface area contributed by atoms with Crippen molar-refractivity contribution < 1.29 is 4.92 Å². The molecule has 4 nitrogen and oxygen atoms in total. The van der Waals surface area contributed by atoms with Gasteiger partial charge in [0.25, 0.3) is 5.69 Å². The molecule has 1 aliphatic rings. The molecular formula is C15H12Cl2N2O2. The monoisotopic (exact) mass is 322 g/mol. The standard InChI is InChI=1S/C15H12Cl2N2O2/c16-10-2-4-12-9(7-10)1-5-14(12)18-15-6-3-11(19(20)21)8-13(15)17/h2-4,6-8,14,18H,1,5H2. The van der Waals surface area contributed by atoms with Gasteiger partial charge < -0.3 is 5.32 Å². The average Bonchev–Trinajstić information content (AvgIpc) is 2.83. The third-order valence-corrected chi connectivity index (χ3v) is 4.22. The summed E-state index contributed by atoms with van der Waals surface area (Å²) in [7, 11) is 0. The van der Waals surface area contributed by atoms with Crippen molar-refractivity contribution in [3.63, 3.8) is 0 Å². The van der Waals surface area contributed by atoms with Gasteiger partial charge in [0.15, 0.2) is 0 Å². The Balaban J connectivity index is 1.84. The third kappa shape index (κ3) is 2.82. The van der Waals surface area contributed by atoms with E-state index in [2.05, 4.69) is 5.32 Å². The summed E-state index contributed by atoms with van der Waals surface area (Å²) in [5, 5.41) is 15.2. The zero-order valence-corrected chi connectivity index (χ0v) is 12.5. The lowest BCUT2D eigenvalue weighted by Crippen LogP contribution is -2.07. The van der Waals surface area contributed by atoms with Crippen LogP contribution in [-0.4, -0.2) is 4.92 Å². The van der Waals surface area contributed by atoms with E-state index in [9.17, 15) is 10.1 Å². The highest BCUT2D eigenvalue weighted by Crippen LogP contribution is 2.37. The van der Waals surface area contributed by atoms with Gasteiger partial charge in [-0.15, -0.1) is 0 Å². The zero-order valence-electron chi connectivity index (χ0n) is 11.0. The van der Waals surface area contributed by atoms with Crippen LogP contribution in [-0.2, 0) is 6.42 Å². The van der Waals surface area contributed by atoms with Crippen LogP contribution in [0.3, 0.4) is 0 Å². The van der Waals surface area contributed by atoms with Crippen molar-refractivity contribution in [1.82, 2.24) is 0 Å². The number of benzene rings is 2. The van der Waals surface area contributed by atoms with E-state index < -0.39 is 4.92 Å². The van der Waals surface area contributed by atoms with Crippen molar-refractivity contribution in [3.05, 3.63) is 67.7 Å². The first-order valence-electron chi connectivity index (χ1n) is 6.53. The molecule has 0 heterocycles. The molecule has 0 fully saturated rings. The summed E-state index contributed by atoms with van der Waals surface area (Å²) in [6.45, 7) is 0. The van der Waals surface area contributed by atoms with Crippen molar-refractivity contribution in [2.75, 3.05) is 5.32 Å². The first-order chi connectivity index (χ1) is 10.0.